The van der Waals surface area contributed by atoms with Gasteiger partial charge >= 0.3 is 12.1 Å². The maximum absolute atomic E-state index is 13.6. The average Bonchev–Trinajstić information content (AvgIpc) is 3.13. The Morgan fingerprint density at radius 1 is 1.03 bits per heavy atom. The molecule has 1 saturated carbocycles. The number of hydrogen-bond acceptors (Lipinski definition) is 3. The number of hydrogen-bond donors (Lipinski definition) is 1. The van der Waals surface area contributed by atoms with E-state index in [1.165, 1.54) is 23.5 Å². The first kappa shape index (κ1) is 23.3. The van der Waals surface area contributed by atoms with Crippen molar-refractivity contribution in [2.75, 3.05) is 4.90 Å². The zero-order valence-electron chi connectivity index (χ0n) is 17.9. The van der Waals surface area contributed by atoms with Crippen molar-refractivity contribution in [2.24, 2.45) is 0 Å². The molecule has 1 aromatic heterocycles. The van der Waals surface area contributed by atoms with Crippen molar-refractivity contribution in [1.82, 2.24) is 5.32 Å². The first-order chi connectivity index (χ1) is 14.6. The van der Waals surface area contributed by atoms with Crippen molar-refractivity contribution < 1.29 is 22.8 Å². The number of carbonyl (C=O) groups is 2. The van der Waals surface area contributed by atoms with Gasteiger partial charge in [0.25, 0.3) is 0 Å². The average molecular weight is 453 g/mol. The van der Waals surface area contributed by atoms with Crippen molar-refractivity contribution in [3.63, 3.8) is 0 Å². The minimum Gasteiger partial charge on any atom is -0.351 e. The molecule has 2 aromatic rings. The number of anilines is 1. The van der Waals surface area contributed by atoms with Gasteiger partial charge in [-0.15, -0.1) is 11.3 Å². The molecule has 31 heavy (non-hydrogen) atoms. The highest BCUT2D eigenvalue weighted by atomic mass is 32.1. The number of amides is 2. The lowest BCUT2D eigenvalue weighted by atomic mass is 9.95. The van der Waals surface area contributed by atoms with Crippen molar-refractivity contribution in [1.29, 1.82) is 0 Å². The van der Waals surface area contributed by atoms with Gasteiger partial charge < -0.3 is 5.32 Å². The molecule has 0 spiro atoms. The largest absolute Gasteiger partial charge is 0.471 e. The molecule has 8 heteroatoms. The van der Waals surface area contributed by atoms with Crippen molar-refractivity contribution >= 4 is 28.8 Å². The Balaban J connectivity index is 2.08. The van der Waals surface area contributed by atoms with Crippen LogP contribution in [0.25, 0.3) is 0 Å². The van der Waals surface area contributed by atoms with E-state index in [1.54, 1.807) is 25.1 Å². The minimum atomic E-state index is -5.12. The molecule has 4 nitrogen and oxygen atoms in total. The minimum absolute atomic E-state index is 0.0558. The highest BCUT2D eigenvalue weighted by molar-refractivity contribution is 7.12. The Morgan fingerprint density at radius 2 is 1.71 bits per heavy atom. The van der Waals surface area contributed by atoms with Crippen LogP contribution in [0.1, 0.15) is 59.0 Å². The molecule has 1 aliphatic carbocycles. The third-order valence-corrected chi connectivity index (χ3v) is 6.77. The normalized spacial score (nSPS) is 16.1. The fraction of sp³-hybridized carbons (Fsp3) is 0.478. The second kappa shape index (κ2) is 9.42. The van der Waals surface area contributed by atoms with Gasteiger partial charge in [0.1, 0.15) is 0 Å². The van der Waals surface area contributed by atoms with Crippen molar-refractivity contribution in [3.05, 3.63) is 51.2 Å². The predicted molar refractivity (Wildman–Crippen MR) is 116 cm³/mol. The molecular weight excluding hydrogens is 425 g/mol. The van der Waals surface area contributed by atoms with Gasteiger partial charge in [0.2, 0.25) is 5.91 Å². The summed E-state index contributed by atoms with van der Waals surface area (Å²) in [7, 11) is 0. The monoisotopic (exact) mass is 452 g/mol. The number of benzene rings is 1. The Labute approximate surface area is 184 Å². The third kappa shape index (κ3) is 5.47. The molecule has 1 atom stereocenters. The van der Waals surface area contributed by atoms with Crippen LogP contribution in [0, 0.1) is 20.8 Å². The smallest absolute Gasteiger partial charge is 0.351 e. The molecule has 1 aromatic carbocycles. The zero-order valence-corrected chi connectivity index (χ0v) is 18.7. The van der Waals surface area contributed by atoms with E-state index in [1.807, 2.05) is 13.8 Å². The van der Waals surface area contributed by atoms with Crippen LogP contribution in [0.3, 0.4) is 0 Å². The number of nitrogens with one attached hydrogen (secondary N) is 1. The lowest BCUT2D eigenvalue weighted by Crippen LogP contribution is -2.50. The van der Waals surface area contributed by atoms with E-state index in [-0.39, 0.29) is 11.7 Å². The van der Waals surface area contributed by atoms with Crippen molar-refractivity contribution in [2.45, 2.75) is 71.1 Å². The van der Waals surface area contributed by atoms with Gasteiger partial charge in [0.05, 0.1) is 0 Å². The number of thiophene rings is 1. The Morgan fingerprint density at radius 3 is 2.26 bits per heavy atom. The van der Waals surface area contributed by atoms with E-state index in [9.17, 15) is 22.8 Å². The van der Waals surface area contributed by atoms with Crippen LogP contribution in [0.5, 0.6) is 0 Å². The van der Waals surface area contributed by atoms with E-state index in [4.69, 9.17) is 0 Å². The Kier molecular flexibility index (Phi) is 7.09. The van der Waals surface area contributed by atoms with Gasteiger partial charge in [0.15, 0.2) is 6.04 Å². The van der Waals surface area contributed by atoms with Gasteiger partial charge in [-0.1, -0.05) is 25.3 Å². The highest BCUT2D eigenvalue weighted by Crippen LogP contribution is 2.36. The SMILES string of the molecule is Cc1ccc(C(C(=O)NC2CCCCC2)N(C(=O)C(F)(F)F)c2ccc(C)c(C)c2)s1. The molecule has 0 saturated heterocycles. The summed E-state index contributed by atoms with van der Waals surface area (Å²) in [6, 6.07) is 6.55. The summed E-state index contributed by atoms with van der Waals surface area (Å²) in [5, 5.41) is 2.92. The van der Waals surface area contributed by atoms with E-state index >= 15 is 0 Å². The van der Waals surface area contributed by atoms with Gasteiger partial charge in [-0.25, -0.2) is 0 Å². The second-order valence-corrected chi connectivity index (χ2v) is 9.46. The lowest BCUT2D eigenvalue weighted by Gasteiger charge is -2.33. The summed E-state index contributed by atoms with van der Waals surface area (Å²) in [4.78, 5) is 27.8. The number of nitrogens with zero attached hydrogens (tertiary/aromatic N) is 1. The molecule has 1 unspecified atom stereocenters. The molecule has 1 heterocycles. The van der Waals surface area contributed by atoms with Gasteiger partial charge in [-0.3, -0.25) is 14.5 Å². The number of rotatable bonds is 5. The van der Waals surface area contributed by atoms with Crippen LogP contribution in [0.4, 0.5) is 18.9 Å². The van der Waals surface area contributed by atoms with Crippen LogP contribution in [0.2, 0.25) is 0 Å². The Hall–Kier alpha value is -2.35. The van der Waals surface area contributed by atoms with Gasteiger partial charge in [0, 0.05) is 21.5 Å². The fourth-order valence-electron chi connectivity index (χ4n) is 3.90. The van der Waals surface area contributed by atoms with Crippen molar-refractivity contribution in [3.8, 4) is 0 Å². The van der Waals surface area contributed by atoms with E-state index in [0.29, 0.717) is 9.78 Å². The number of alkyl halides is 3. The fourth-order valence-corrected chi connectivity index (χ4v) is 4.86. The standard InChI is InChI=1S/C23H27F3N2O2S/c1-14-9-11-18(13-15(14)2)28(22(30)23(24,25)26)20(19-12-10-16(3)31-19)21(29)27-17-7-5-4-6-8-17/h9-13,17,20H,4-8H2,1-3H3,(H,27,29). The van der Waals surface area contributed by atoms with Gasteiger partial charge in [-0.05, 0) is 69.0 Å². The number of carbonyl (C=O) groups excluding carboxylic acids is 2. The van der Waals surface area contributed by atoms with E-state index in [2.05, 4.69) is 5.32 Å². The van der Waals surface area contributed by atoms with Crippen LogP contribution < -0.4 is 10.2 Å². The number of aryl methyl sites for hydroxylation is 3. The van der Waals surface area contributed by atoms with Crippen LogP contribution in [-0.2, 0) is 9.59 Å². The summed E-state index contributed by atoms with van der Waals surface area (Å²) in [5.74, 6) is -2.63. The quantitative estimate of drug-likeness (QED) is 0.627. The van der Waals surface area contributed by atoms with E-state index in [0.717, 1.165) is 48.1 Å². The molecule has 1 N–H and O–H groups in total. The van der Waals surface area contributed by atoms with E-state index < -0.39 is 24.0 Å². The summed E-state index contributed by atoms with van der Waals surface area (Å²) >= 11 is 1.22. The van der Waals surface area contributed by atoms with Crippen LogP contribution in [-0.4, -0.2) is 24.0 Å². The summed E-state index contributed by atoms with van der Waals surface area (Å²) in [5.41, 5.74) is 1.69. The topological polar surface area (TPSA) is 49.4 Å². The van der Waals surface area contributed by atoms with Crippen LogP contribution in [0.15, 0.2) is 30.3 Å². The summed E-state index contributed by atoms with van der Waals surface area (Å²) < 4.78 is 40.9. The molecule has 0 bridgehead atoms. The summed E-state index contributed by atoms with van der Waals surface area (Å²) in [6.45, 7) is 5.42. The maximum Gasteiger partial charge on any atom is 0.471 e. The zero-order chi connectivity index (χ0) is 22.8. The second-order valence-electron chi connectivity index (χ2n) is 8.14. The first-order valence-corrected chi connectivity index (χ1v) is 11.2. The first-order valence-electron chi connectivity index (χ1n) is 10.4. The number of halogens is 3. The summed E-state index contributed by atoms with van der Waals surface area (Å²) in [6.07, 6.45) is -0.514. The maximum atomic E-state index is 13.6. The van der Waals surface area contributed by atoms with Gasteiger partial charge in [-0.2, -0.15) is 13.2 Å². The molecule has 1 aliphatic rings. The Bertz CT molecular complexity index is 949. The molecular formula is C23H27F3N2O2S. The molecule has 0 radical (unpaired) electrons. The molecule has 0 aliphatic heterocycles. The third-order valence-electron chi connectivity index (χ3n) is 5.72. The predicted octanol–water partition coefficient (Wildman–Crippen LogP) is 5.76. The highest BCUT2D eigenvalue weighted by Gasteiger charge is 2.48. The molecule has 2 amide bonds. The molecule has 1 fully saturated rings. The van der Waals surface area contributed by atoms with Crippen LogP contribution >= 0.6 is 11.3 Å². The molecule has 168 valence electrons. The lowest BCUT2D eigenvalue weighted by molar-refractivity contribution is -0.171. The molecule has 3 rings (SSSR count).